The molecule has 148 valence electrons. The molecule has 0 radical (unpaired) electrons. The third-order valence-corrected chi connectivity index (χ3v) is 4.30. The van der Waals surface area contributed by atoms with Crippen LogP contribution < -0.4 is 10.7 Å². The zero-order valence-electron chi connectivity index (χ0n) is 16.1. The number of para-hydroxylation sites is 1. The van der Waals surface area contributed by atoms with Gasteiger partial charge in [-0.25, -0.2) is 4.79 Å². The van der Waals surface area contributed by atoms with E-state index in [1.807, 2.05) is 6.92 Å². The van der Waals surface area contributed by atoms with Gasteiger partial charge in [-0.05, 0) is 45.0 Å². The van der Waals surface area contributed by atoms with Crippen molar-refractivity contribution in [2.45, 2.75) is 26.9 Å². The van der Waals surface area contributed by atoms with Gasteiger partial charge in [-0.3, -0.25) is 14.4 Å². The number of hydrogen-bond donors (Lipinski definition) is 1. The molecule has 1 N–H and O–H groups in total. The Balaban J connectivity index is 1.76. The van der Waals surface area contributed by atoms with Gasteiger partial charge in [-0.1, -0.05) is 23.8 Å². The monoisotopic (exact) mass is 393 g/mol. The number of Topliss-reactive ketones (excluding diaryl/α,β-unsaturated/α-hetero) is 1. The zero-order valence-corrected chi connectivity index (χ0v) is 16.1. The summed E-state index contributed by atoms with van der Waals surface area (Å²) >= 11 is 0. The molecule has 0 unspecified atom stereocenters. The molecule has 0 fully saturated rings. The average molecular weight is 393 g/mol. The second-order valence-corrected chi connectivity index (χ2v) is 6.61. The number of esters is 1. The molecule has 1 atom stereocenters. The predicted octanol–water partition coefficient (Wildman–Crippen LogP) is 3.49. The van der Waals surface area contributed by atoms with Crippen molar-refractivity contribution in [3.63, 3.8) is 0 Å². The number of benzene rings is 2. The standard InChI is InChI=1S/C22H19NO6/c1-12-8-9-19-16(10-12)18(25)11-20(29-19)22(27)28-14(3)21(26)23-17-7-5-4-6-15(17)13(2)24/h4-11,14H,1-3H3,(H,23,26)/t14-/m0/s1. The number of hydrogen-bond acceptors (Lipinski definition) is 6. The summed E-state index contributed by atoms with van der Waals surface area (Å²) in [4.78, 5) is 48.6. The SMILES string of the molecule is CC(=O)c1ccccc1NC(=O)[C@H](C)OC(=O)c1cc(=O)c2cc(C)ccc2o1. The van der Waals surface area contributed by atoms with Gasteiger partial charge in [0.05, 0.1) is 11.1 Å². The Morgan fingerprint density at radius 3 is 2.52 bits per heavy atom. The van der Waals surface area contributed by atoms with Crippen molar-refractivity contribution >= 4 is 34.3 Å². The van der Waals surface area contributed by atoms with Gasteiger partial charge in [-0.2, -0.15) is 0 Å². The van der Waals surface area contributed by atoms with Crippen LogP contribution in [0.2, 0.25) is 0 Å². The molecule has 7 nitrogen and oxygen atoms in total. The summed E-state index contributed by atoms with van der Waals surface area (Å²) in [5, 5.41) is 2.92. The molecule has 0 aliphatic heterocycles. The molecule has 0 bridgehead atoms. The van der Waals surface area contributed by atoms with Gasteiger partial charge in [0, 0.05) is 11.6 Å². The smallest absolute Gasteiger partial charge is 0.375 e. The predicted molar refractivity (Wildman–Crippen MR) is 107 cm³/mol. The number of amides is 1. The van der Waals surface area contributed by atoms with Crippen LogP contribution >= 0.6 is 0 Å². The van der Waals surface area contributed by atoms with E-state index in [0.717, 1.165) is 11.6 Å². The first-order chi connectivity index (χ1) is 13.8. The molecule has 2 aromatic carbocycles. The van der Waals surface area contributed by atoms with Crippen LogP contribution in [0.25, 0.3) is 11.0 Å². The molecule has 3 aromatic rings. The van der Waals surface area contributed by atoms with Crippen molar-refractivity contribution in [2.75, 3.05) is 5.32 Å². The fourth-order valence-electron chi connectivity index (χ4n) is 2.78. The van der Waals surface area contributed by atoms with E-state index < -0.39 is 18.0 Å². The van der Waals surface area contributed by atoms with Crippen LogP contribution in [0.4, 0.5) is 5.69 Å². The van der Waals surface area contributed by atoms with Crippen LogP contribution in [-0.2, 0) is 9.53 Å². The van der Waals surface area contributed by atoms with Crippen LogP contribution in [0.5, 0.6) is 0 Å². The summed E-state index contributed by atoms with van der Waals surface area (Å²) in [5.41, 5.74) is 1.42. The highest BCUT2D eigenvalue weighted by molar-refractivity contribution is 6.05. The Kier molecular flexibility index (Phi) is 5.59. The molecule has 0 saturated carbocycles. The van der Waals surface area contributed by atoms with Gasteiger partial charge in [-0.15, -0.1) is 0 Å². The van der Waals surface area contributed by atoms with E-state index in [1.54, 1.807) is 42.5 Å². The first kappa shape index (κ1) is 20.0. The number of nitrogens with one attached hydrogen (secondary N) is 1. The second kappa shape index (κ2) is 8.10. The quantitative estimate of drug-likeness (QED) is 0.526. The Labute approximate surface area is 166 Å². The second-order valence-electron chi connectivity index (χ2n) is 6.61. The Bertz CT molecular complexity index is 1180. The lowest BCUT2D eigenvalue weighted by Gasteiger charge is -2.14. The van der Waals surface area contributed by atoms with Gasteiger partial charge < -0.3 is 14.5 Å². The number of carbonyl (C=O) groups excluding carboxylic acids is 3. The number of aryl methyl sites for hydroxylation is 1. The molecule has 0 spiro atoms. The van der Waals surface area contributed by atoms with Crippen molar-refractivity contribution in [3.05, 3.63) is 75.6 Å². The van der Waals surface area contributed by atoms with Crippen molar-refractivity contribution < 1.29 is 23.5 Å². The Hall–Kier alpha value is -3.74. The summed E-state index contributed by atoms with van der Waals surface area (Å²) in [6, 6.07) is 12.6. The highest BCUT2D eigenvalue weighted by Crippen LogP contribution is 2.17. The molecule has 1 aromatic heterocycles. The number of ketones is 1. The minimum Gasteiger partial charge on any atom is -0.449 e. The first-order valence-electron chi connectivity index (χ1n) is 8.92. The summed E-state index contributed by atoms with van der Waals surface area (Å²) < 4.78 is 10.6. The van der Waals surface area contributed by atoms with Gasteiger partial charge in [0.1, 0.15) is 5.58 Å². The van der Waals surface area contributed by atoms with E-state index in [9.17, 15) is 19.2 Å². The van der Waals surface area contributed by atoms with Crippen LogP contribution in [0.3, 0.4) is 0 Å². The van der Waals surface area contributed by atoms with E-state index >= 15 is 0 Å². The molecule has 0 aliphatic rings. The fourth-order valence-corrected chi connectivity index (χ4v) is 2.78. The molecule has 0 saturated heterocycles. The summed E-state index contributed by atoms with van der Waals surface area (Å²) in [5.74, 6) is -2.06. The largest absolute Gasteiger partial charge is 0.449 e. The van der Waals surface area contributed by atoms with Gasteiger partial charge in [0.2, 0.25) is 5.76 Å². The molecule has 7 heteroatoms. The Morgan fingerprint density at radius 1 is 1.07 bits per heavy atom. The molecule has 29 heavy (non-hydrogen) atoms. The maximum Gasteiger partial charge on any atom is 0.375 e. The lowest BCUT2D eigenvalue weighted by Crippen LogP contribution is -2.30. The maximum atomic E-state index is 12.4. The van der Waals surface area contributed by atoms with E-state index in [-0.39, 0.29) is 22.6 Å². The fraction of sp³-hybridized carbons (Fsp3) is 0.182. The summed E-state index contributed by atoms with van der Waals surface area (Å²) in [7, 11) is 0. The number of carbonyl (C=O) groups is 3. The highest BCUT2D eigenvalue weighted by Gasteiger charge is 2.22. The van der Waals surface area contributed by atoms with E-state index in [4.69, 9.17) is 9.15 Å². The number of ether oxygens (including phenoxy) is 1. The summed E-state index contributed by atoms with van der Waals surface area (Å²) in [6.45, 7) is 4.61. The molecule has 1 heterocycles. The molecule has 1 amide bonds. The van der Waals surface area contributed by atoms with Crippen molar-refractivity contribution in [1.29, 1.82) is 0 Å². The molecular formula is C22H19NO6. The van der Waals surface area contributed by atoms with E-state index in [1.165, 1.54) is 13.8 Å². The number of rotatable bonds is 5. The van der Waals surface area contributed by atoms with Gasteiger partial charge in [0.15, 0.2) is 17.3 Å². The highest BCUT2D eigenvalue weighted by atomic mass is 16.6. The minimum atomic E-state index is -1.18. The van der Waals surface area contributed by atoms with Gasteiger partial charge >= 0.3 is 5.97 Å². The van der Waals surface area contributed by atoms with Crippen LogP contribution in [-0.4, -0.2) is 23.8 Å². The van der Waals surface area contributed by atoms with Gasteiger partial charge in [0.25, 0.3) is 5.91 Å². The zero-order chi connectivity index (χ0) is 21.1. The van der Waals surface area contributed by atoms with Crippen molar-refractivity contribution in [3.8, 4) is 0 Å². The summed E-state index contributed by atoms with van der Waals surface area (Å²) in [6.07, 6.45) is -1.18. The minimum absolute atomic E-state index is 0.210. The van der Waals surface area contributed by atoms with E-state index in [0.29, 0.717) is 16.6 Å². The first-order valence-corrected chi connectivity index (χ1v) is 8.92. The number of anilines is 1. The van der Waals surface area contributed by atoms with Crippen molar-refractivity contribution in [1.82, 2.24) is 0 Å². The lowest BCUT2D eigenvalue weighted by atomic mass is 10.1. The molecule has 3 rings (SSSR count). The third-order valence-electron chi connectivity index (χ3n) is 4.30. The maximum absolute atomic E-state index is 12.4. The van der Waals surface area contributed by atoms with Crippen molar-refractivity contribution in [2.24, 2.45) is 0 Å². The van der Waals surface area contributed by atoms with Crippen LogP contribution in [0.1, 0.15) is 40.3 Å². The van der Waals surface area contributed by atoms with E-state index in [2.05, 4.69) is 5.32 Å². The third kappa shape index (κ3) is 4.40. The van der Waals surface area contributed by atoms with Crippen LogP contribution in [0, 0.1) is 6.92 Å². The molecule has 0 aliphatic carbocycles. The lowest BCUT2D eigenvalue weighted by molar-refractivity contribution is -0.123. The number of fused-ring (bicyclic) bond motifs is 1. The van der Waals surface area contributed by atoms with Crippen LogP contribution in [0.15, 0.2) is 57.7 Å². The molecular weight excluding hydrogens is 374 g/mol. The topological polar surface area (TPSA) is 103 Å². The Morgan fingerprint density at radius 2 is 1.79 bits per heavy atom. The normalized spacial score (nSPS) is 11.7. The average Bonchev–Trinajstić information content (AvgIpc) is 2.68.